The number of carbonyl (C=O) groups excluding carboxylic acids is 1. The second kappa shape index (κ2) is 6.30. The fourth-order valence-corrected chi connectivity index (χ4v) is 2.91. The Hall–Kier alpha value is -0.180. The standard InChI is InChI=1S/C10H18O2S/c1-2-12-10(11)5-3-4-9-6-7-13-8-9/h9H,2-8H2,1H3. The van der Waals surface area contributed by atoms with E-state index in [-0.39, 0.29) is 5.97 Å². The molecule has 0 amide bonds. The van der Waals surface area contributed by atoms with Crippen molar-refractivity contribution in [3.63, 3.8) is 0 Å². The van der Waals surface area contributed by atoms with Gasteiger partial charge in [0.15, 0.2) is 0 Å². The van der Waals surface area contributed by atoms with Gasteiger partial charge in [0.25, 0.3) is 0 Å². The first-order valence-corrected chi connectivity index (χ1v) is 6.21. The molecule has 0 aromatic carbocycles. The molecule has 1 fully saturated rings. The highest BCUT2D eigenvalue weighted by Crippen LogP contribution is 2.27. The Morgan fingerprint density at radius 1 is 1.62 bits per heavy atom. The summed E-state index contributed by atoms with van der Waals surface area (Å²) in [6, 6.07) is 0. The molecule has 0 aliphatic carbocycles. The van der Waals surface area contributed by atoms with Crippen molar-refractivity contribution >= 4 is 17.7 Å². The lowest BCUT2D eigenvalue weighted by atomic mass is 10.0. The van der Waals surface area contributed by atoms with Crippen LogP contribution in [0.4, 0.5) is 0 Å². The van der Waals surface area contributed by atoms with Gasteiger partial charge in [-0.3, -0.25) is 4.79 Å². The molecule has 1 aliphatic heterocycles. The van der Waals surface area contributed by atoms with Gasteiger partial charge < -0.3 is 4.74 Å². The van der Waals surface area contributed by atoms with Gasteiger partial charge >= 0.3 is 5.97 Å². The molecular formula is C10H18O2S. The molecule has 0 spiro atoms. The Balaban J connectivity index is 1.96. The number of hydrogen-bond donors (Lipinski definition) is 0. The van der Waals surface area contributed by atoms with Crippen LogP contribution in [-0.4, -0.2) is 24.1 Å². The average molecular weight is 202 g/mol. The van der Waals surface area contributed by atoms with Gasteiger partial charge in [-0.15, -0.1) is 0 Å². The summed E-state index contributed by atoms with van der Waals surface area (Å²) in [6.07, 6.45) is 4.15. The van der Waals surface area contributed by atoms with Gasteiger partial charge in [-0.2, -0.15) is 11.8 Å². The summed E-state index contributed by atoms with van der Waals surface area (Å²) in [7, 11) is 0. The molecule has 0 radical (unpaired) electrons. The van der Waals surface area contributed by atoms with Gasteiger partial charge in [-0.25, -0.2) is 0 Å². The molecule has 0 aromatic heterocycles. The Morgan fingerprint density at radius 2 is 2.46 bits per heavy atom. The lowest BCUT2D eigenvalue weighted by Gasteiger charge is -2.06. The molecule has 1 aliphatic rings. The SMILES string of the molecule is CCOC(=O)CCCC1CCSC1. The van der Waals surface area contributed by atoms with Gasteiger partial charge in [-0.05, 0) is 43.6 Å². The molecule has 0 aromatic rings. The van der Waals surface area contributed by atoms with E-state index >= 15 is 0 Å². The fourth-order valence-electron chi connectivity index (χ4n) is 1.58. The third-order valence-electron chi connectivity index (χ3n) is 2.32. The highest BCUT2D eigenvalue weighted by molar-refractivity contribution is 7.99. The monoisotopic (exact) mass is 202 g/mol. The van der Waals surface area contributed by atoms with Gasteiger partial charge in [0.2, 0.25) is 0 Å². The van der Waals surface area contributed by atoms with E-state index in [0.29, 0.717) is 13.0 Å². The molecule has 1 heterocycles. The maximum atomic E-state index is 11.0. The molecular weight excluding hydrogens is 184 g/mol. The number of thioether (sulfide) groups is 1. The van der Waals surface area contributed by atoms with Crippen LogP contribution >= 0.6 is 11.8 Å². The first kappa shape index (κ1) is 10.9. The van der Waals surface area contributed by atoms with Crippen molar-refractivity contribution in [2.24, 2.45) is 5.92 Å². The van der Waals surface area contributed by atoms with Crippen LogP contribution in [0.1, 0.15) is 32.6 Å². The number of carbonyl (C=O) groups is 1. The molecule has 2 nitrogen and oxygen atoms in total. The van der Waals surface area contributed by atoms with Gasteiger partial charge in [0, 0.05) is 6.42 Å². The number of esters is 1. The van der Waals surface area contributed by atoms with Crippen molar-refractivity contribution < 1.29 is 9.53 Å². The van der Waals surface area contributed by atoms with Crippen LogP contribution in [0.2, 0.25) is 0 Å². The molecule has 0 saturated carbocycles. The van der Waals surface area contributed by atoms with Crippen LogP contribution in [-0.2, 0) is 9.53 Å². The zero-order chi connectivity index (χ0) is 9.52. The van der Waals surface area contributed by atoms with Crippen LogP contribution in [0.5, 0.6) is 0 Å². The maximum absolute atomic E-state index is 11.0. The summed E-state index contributed by atoms with van der Waals surface area (Å²) in [5.74, 6) is 3.43. The lowest BCUT2D eigenvalue weighted by Crippen LogP contribution is -2.05. The van der Waals surface area contributed by atoms with Gasteiger partial charge in [0.1, 0.15) is 0 Å². The molecule has 1 atom stereocenters. The summed E-state index contributed by atoms with van der Waals surface area (Å²) in [5, 5.41) is 0. The molecule has 3 heteroatoms. The highest BCUT2D eigenvalue weighted by Gasteiger charge is 2.15. The summed E-state index contributed by atoms with van der Waals surface area (Å²) >= 11 is 2.04. The number of ether oxygens (including phenoxy) is 1. The first-order chi connectivity index (χ1) is 6.33. The second-order valence-corrected chi connectivity index (χ2v) is 4.58. The zero-order valence-corrected chi connectivity index (χ0v) is 9.07. The van der Waals surface area contributed by atoms with E-state index in [9.17, 15) is 4.79 Å². The van der Waals surface area contributed by atoms with Crippen LogP contribution in [0, 0.1) is 5.92 Å². The van der Waals surface area contributed by atoms with Crippen molar-refractivity contribution in [2.75, 3.05) is 18.1 Å². The third-order valence-corrected chi connectivity index (χ3v) is 3.55. The summed E-state index contributed by atoms with van der Waals surface area (Å²) in [5.41, 5.74) is 0. The average Bonchev–Trinajstić information content (AvgIpc) is 2.57. The van der Waals surface area contributed by atoms with Gasteiger partial charge in [0.05, 0.1) is 6.61 Å². The maximum Gasteiger partial charge on any atom is 0.305 e. The van der Waals surface area contributed by atoms with E-state index in [0.717, 1.165) is 12.3 Å². The van der Waals surface area contributed by atoms with Crippen molar-refractivity contribution in [2.45, 2.75) is 32.6 Å². The second-order valence-electron chi connectivity index (χ2n) is 3.43. The summed E-state index contributed by atoms with van der Waals surface area (Å²) < 4.78 is 4.86. The largest absolute Gasteiger partial charge is 0.466 e. The number of hydrogen-bond acceptors (Lipinski definition) is 3. The van der Waals surface area contributed by atoms with Crippen molar-refractivity contribution in [1.29, 1.82) is 0 Å². The zero-order valence-electron chi connectivity index (χ0n) is 8.25. The van der Waals surface area contributed by atoms with Crippen LogP contribution in [0.15, 0.2) is 0 Å². The highest BCUT2D eigenvalue weighted by atomic mass is 32.2. The van der Waals surface area contributed by atoms with E-state index in [1.54, 1.807) is 0 Å². The van der Waals surface area contributed by atoms with Crippen LogP contribution < -0.4 is 0 Å². The van der Waals surface area contributed by atoms with E-state index in [4.69, 9.17) is 4.74 Å². The Morgan fingerprint density at radius 3 is 3.08 bits per heavy atom. The topological polar surface area (TPSA) is 26.3 Å². The molecule has 0 N–H and O–H groups in total. The molecule has 0 bridgehead atoms. The first-order valence-electron chi connectivity index (χ1n) is 5.06. The van der Waals surface area contributed by atoms with Crippen molar-refractivity contribution in [1.82, 2.24) is 0 Å². The molecule has 1 rings (SSSR count). The van der Waals surface area contributed by atoms with Crippen LogP contribution in [0.3, 0.4) is 0 Å². The quantitative estimate of drug-likeness (QED) is 0.641. The molecule has 1 saturated heterocycles. The minimum atomic E-state index is -0.0341. The van der Waals surface area contributed by atoms with Crippen LogP contribution in [0.25, 0.3) is 0 Å². The lowest BCUT2D eigenvalue weighted by molar-refractivity contribution is -0.143. The van der Waals surface area contributed by atoms with E-state index in [2.05, 4.69) is 0 Å². The Kier molecular flexibility index (Phi) is 5.28. The fraction of sp³-hybridized carbons (Fsp3) is 0.900. The molecule has 1 unspecified atom stereocenters. The predicted molar refractivity (Wildman–Crippen MR) is 55.9 cm³/mol. The van der Waals surface area contributed by atoms with Crippen molar-refractivity contribution in [3.8, 4) is 0 Å². The summed E-state index contributed by atoms with van der Waals surface area (Å²) in [4.78, 5) is 11.0. The van der Waals surface area contributed by atoms with Crippen molar-refractivity contribution in [3.05, 3.63) is 0 Å². The Labute approximate surface area is 84.4 Å². The molecule has 76 valence electrons. The van der Waals surface area contributed by atoms with Gasteiger partial charge in [-0.1, -0.05) is 0 Å². The smallest absolute Gasteiger partial charge is 0.305 e. The predicted octanol–water partition coefficient (Wildman–Crippen LogP) is 2.47. The number of rotatable bonds is 5. The van der Waals surface area contributed by atoms with E-state index in [1.807, 2.05) is 18.7 Å². The Bertz CT molecular complexity index is 153. The molecule has 13 heavy (non-hydrogen) atoms. The van der Waals surface area contributed by atoms with E-state index < -0.39 is 0 Å². The van der Waals surface area contributed by atoms with E-state index in [1.165, 1.54) is 24.3 Å². The summed E-state index contributed by atoms with van der Waals surface area (Å²) in [6.45, 7) is 2.36. The third kappa shape index (κ3) is 4.55. The minimum Gasteiger partial charge on any atom is -0.466 e. The normalized spacial score (nSPS) is 21.8. The minimum absolute atomic E-state index is 0.0341.